The number of fused-ring (bicyclic) bond motifs is 1. The summed E-state index contributed by atoms with van der Waals surface area (Å²) < 4.78 is 0. The summed E-state index contributed by atoms with van der Waals surface area (Å²) in [6.45, 7) is 3.56. The van der Waals surface area contributed by atoms with Crippen LogP contribution in [0.4, 0.5) is 5.69 Å². The molecule has 0 aromatic heterocycles. The molecule has 0 spiro atoms. The number of rotatable bonds is 7. The first-order chi connectivity index (χ1) is 12.7. The third kappa shape index (κ3) is 4.28. The van der Waals surface area contributed by atoms with Gasteiger partial charge >= 0.3 is 0 Å². The molecule has 1 N–H and O–H groups in total. The molecule has 0 amide bonds. The Morgan fingerprint density at radius 2 is 2.00 bits per heavy atom. The highest BCUT2D eigenvalue weighted by Crippen LogP contribution is 2.19. The fourth-order valence-electron chi connectivity index (χ4n) is 2.65. The summed E-state index contributed by atoms with van der Waals surface area (Å²) in [5, 5.41) is 4.28. The molecule has 1 aromatic rings. The third-order valence-electron chi connectivity index (χ3n) is 4.01. The molecule has 7 nitrogen and oxygen atoms in total. The lowest BCUT2D eigenvalue weighted by molar-refractivity contribution is 0.873. The summed E-state index contributed by atoms with van der Waals surface area (Å²) in [6.07, 6.45) is 4.69. The van der Waals surface area contributed by atoms with E-state index in [-0.39, 0.29) is 6.04 Å². The largest absolute Gasteiger partial charge is 0.369 e. The molecule has 0 saturated carbocycles. The average molecular weight is 392 g/mol. The number of benzene rings is 1. The van der Waals surface area contributed by atoms with Crippen LogP contribution in [0.1, 0.15) is 11.1 Å². The summed E-state index contributed by atoms with van der Waals surface area (Å²) in [7, 11) is 0. The van der Waals surface area contributed by atoms with Crippen molar-refractivity contribution in [1.29, 1.82) is 0 Å². The number of anilines is 1. The molecule has 0 saturated heterocycles. The molecule has 1 aromatic carbocycles. The van der Waals surface area contributed by atoms with Gasteiger partial charge in [-0.3, -0.25) is 10.4 Å². The van der Waals surface area contributed by atoms with Crippen LogP contribution in [-0.4, -0.2) is 61.5 Å². The smallest absolute Gasteiger partial charge is 0.170 e. The van der Waals surface area contributed by atoms with E-state index < -0.39 is 0 Å². The van der Waals surface area contributed by atoms with E-state index in [1.165, 1.54) is 12.7 Å². The first-order valence-electron chi connectivity index (χ1n) is 8.19. The molecule has 3 rings (SSSR count). The van der Waals surface area contributed by atoms with E-state index in [2.05, 4.69) is 41.5 Å². The minimum Gasteiger partial charge on any atom is -0.369 e. The second-order valence-electron chi connectivity index (χ2n) is 5.69. The van der Waals surface area contributed by atoms with E-state index in [0.29, 0.717) is 23.4 Å². The Kier molecular flexibility index (Phi) is 6.35. The molecule has 26 heavy (non-hydrogen) atoms. The Labute approximate surface area is 162 Å². The van der Waals surface area contributed by atoms with Crippen LogP contribution in [0.15, 0.2) is 43.3 Å². The van der Waals surface area contributed by atoms with Crippen LogP contribution in [0.2, 0.25) is 0 Å². The molecular weight excluding hydrogens is 373 g/mol. The number of nitrogens with zero attached hydrogens (tertiary/aromatic N) is 6. The lowest BCUT2D eigenvalue weighted by atomic mass is 10.1. The zero-order chi connectivity index (χ0) is 18.4. The van der Waals surface area contributed by atoms with E-state index in [0.717, 1.165) is 29.9 Å². The predicted octanol–water partition coefficient (Wildman–Crippen LogP) is 2.45. The molecule has 0 aliphatic carbocycles. The molecular formula is C17H19Cl2N7. The second kappa shape index (κ2) is 8.91. The summed E-state index contributed by atoms with van der Waals surface area (Å²) in [5.74, 6) is 2.35. The van der Waals surface area contributed by atoms with Crippen LogP contribution in [-0.2, 0) is 0 Å². The van der Waals surface area contributed by atoms with Gasteiger partial charge in [0.05, 0.1) is 6.21 Å². The number of hydrogen-bond acceptors (Lipinski definition) is 7. The summed E-state index contributed by atoms with van der Waals surface area (Å²) >= 11 is 11.8. The lowest BCUT2D eigenvalue weighted by Crippen LogP contribution is -2.36. The van der Waals surface area contributed by atoms with Gasteiger partial charge in [0.25, 0.3) is 0 Å². The Morgan fingerprint density at radius 3 is 2.73 bits per heavy atom. The van der Waals surface area contributed by atoms with Gasteiger partial charge in [-0.2, -0.15) is 5.10 Å². The average Bonchev–Trinajstić information content (AvgIpc) is 3.12. The number of aliphatic imine (C=N–C) groups is 4. The molecule has 0 fully saturated rings. The van der Waals surface area contributed by atoms with Crippen molar-refractivity contribution in [2.75, 3.05) is 29.7 Å². The van der Waals surface area contributed by atoms with Crippen LogP contribution in [0, 0.1) is 6.92 Å². The van der Waals surface area contributed by atoms with Gasteiger partial charge < -0.3 is 4.90 Å². The number of hydrogen-bond donors (Lipinski definition) is 1. The minimum atomic E-state index is -0.291. The normalized spacial score (nSPS) is 18.0. The fourth-order valence-corrected chi connectivity index (χ4v) is 3.06. The van der Waals surface area contributed by atoms with Gasteiger partial charge in [0.1, 0.15) is 12.7 Å². The zero-order valence-corrected chi connectivity index (χ0v) is 15.8. The summed E-state index contributed by atoms with van der Waals surface area (Å²) in [6, 6.07) is 5.89. The number of aryl methyl sites for hydroxylation is 1. The van der Waals surface area contributed by atoms with Crippen LogP contribution < -0.4 is 10.3 Å². The minimum absolute atomic E-state index is 0.291. The van der Waals surface area contributed by atoms with E-state index >= 15 is 0 Å². The Hall–Kier alpha value is -2.25. The lowest BCUT2D eigenvalue weighted by Gasteiger charge is -2.23. The van der Waals surface area contributed by atoms with Crippen LogP contribution >= 0.6 is 23.2 Å². The van der Waals surface area contributed by atoms with Crippen LogP contribution in [0.25, 0.3) is 0 Å². The molecule has 0 bridgehead atoms. The van der Waals surface area contributed by atoms with E-state index in [4.69, 9.17) is 23.2 Å². The molecule has 2 heterocycles. The van der Waals surface area contributed by atoms with Gasteiger partial charge in [0, 0.05) is 30.5 Å². The number of nitrogens with one attached hydrogen (secondary N) is 1. The zero-order valence-electron chi connectivity index (χ0n) is 14.3. The van der Waals surface area contributed by atoms with Gasteiger partial charge in [-0.15, -0.1) is 23.2 Å². The standard InChI is InChI=1S/C17H19Cl2N7/c1-12-8-14(26(6-4-18)7-5-19)3-2-13(12)9-24-25-17-15-16(21-10-20-15)22-11-23-17/h2-3,8-11,15H,4-7H2,1H3,(H,20,21,22,23,25)/b24-9+. The van der Waals surface area contributed by atoms with Crippen molar-refractivity contribution in [3.63, 3.8) is 0 Å². The molecule has 2 aliphatic heterocycles. The van der Waals surface area contributed by atoms with Gasteiger partial charge in [0.2, 0.25) is 0 Å². The van der Waals surface area contributed by atoms with E-state index in [1.54, 1.807) is 6.21 Å². The quantitative estimate of drug-likeness (QED) is 0.440. The Morgan fingerprint density at radius 1 is 1.19 bits per heavy atom. The van der Waals surface area contributed by atoms with Gasteiger partial charge in [-0.05, 0) is 30.2 Å². The second-order valence-corrected chi connectivity index (χ2v) is 6.45. The maximum atomic E-state index is 5.88. The molecule has 136 valence electrons. The number of halogens is 2. The monoisotopic (exact) mass is 391 g/mol. The highest BCUT2D eigenvalue weighted by Gasteiger charge is 2.25. The van der Waals surface area contributed by atoms with Crippen molar-refractivity contribution in [3.8, 4) is 0 Å². The number of hydrazone groups is 1. The number of amidine groups is 2. The molecule has 1 atom stereocenters. The van der Waals surface area contributed by atoms with Crippen LogP contribution in [0.5, 0.6) is 0 Å². The van der Waals surface area contributed by atoms with Crippen molar-refractivity contribution in [3.05, 3.63) is 29.3 Å². The number of alkyl halides is 2. The van der Waals surface area contributed by atoms with E-state index in [9.17, 15) is 0 Å². The Balaban J connectivity index is 1.67. The first-order valence-corrected chi connectivity index (χ1v) is 9.26. The maximum Gasteiger partial charge on any atom is 0.170 e. The van der Waals surface area contributed by atoms with Crippen molar-refractivity contribution in [1.82, 2.24) is 5.43 Å². The molecule has 9 heteroatoms. The predicted molar refractivity (Wildman–Crippen MR) is 111 cm³/mol. The van der Waals surface area contributed by atoms with E-state index in [1.807, 2.05) is 19.1 Å². The molecule has 2 aliphatic rings. The maximum absolute atomic E-state index is 5.88. The first kappa shape index (κ1) is 18.5. The van der Waals surface area contributed by atoms with Crippen molar-refractivity contribution >= 4 is 59.5 Å². The summed E-state index contributed by atoms with van der Waals surface area (Å²) in [4.78, 5) is 18.7. The van der Waals surface area contributed by atoms with Crippen molar-refractivity contribution < 1.29 is 0 Å². The molecule has 0 radical (unpaired) electrons. The highest BCUT2D eigenvalue weighted by molar-refractivity contribution is 6.20. The van der Waals surface area contributed by atoms with Gasteiger partial charge in [-0.25, -0.2) is 15.0 Å². The molecule has 1 unspecified atom stereocenters. The third-order valence-corrected chi connectivity index (χ3v) is 4.34. The fraction of sp³-hybridized carbons (Fsp3) is 0.353. The summed E-state index contributed by atoms with van der Waals surface area (Å²) in [5.41, 5.74) is 6.15. The highest BCUT2D eigenvalue weighted by atomic mass is 35.5. The van der Waals surface area contributed by atoms with Crippen molar-refractivity contribution in [2.24, 2.45) is 25.1 Å². The Bertz CT molecular complexity index is 792. The van der Waals surface area contributed by atoms with Gasteiger partial charge in [0.15, 0.2) is 17.7 Å². The topological polar surface area (TPSA) is 77.1 Å². The van der Waals surface area contributed by atoms with Crippen LogP contribution in [0.3, 0.4) is 0 Å². The van der Waals surface area contributed by atoms with Crippen molar-refractivity contribution in [2.45, 2.75) is 13.0 Å². The SMILES string of the molecule is Cc1cc(N(CCCl)CCCl)ccc1/C=N/NC1=NC=NC2=NC=NC21. The van der Waals surface area contributed by atoms with Gasteiger partial charge in [-0.1, -0.05) is 6.07 Å².